The number of carbonyl (C=O) groups excluding carboxylic acids is 1. The summed E-state index contributed by atoms with van der Waals surface area (Å²) in [6.07, 6.45) is 0. The zero-order valence-corrected chi connectivity index (χ0v) is 18.8. The highest BCUT2D eigenvalue weighted by Crippen LogP contribution is 2.42. The lowest BCUT2D eigenvalue weighted by atomic mass is 9.70. The van der Waals surface area contributed by atoms with Crippen LogP contribution >= 0.6 is 12.4 Å². The van der Waals surface area contributed by atoms with E-state index in [4.69, 9.17) is 0 Å². The molecule has 4 rings (SSSR count). The van der Waals surface area contributed by atoms with Crippen molar-refractivity contribution in [2.45, 2.75) is 25.4 Å². The number of halogens is 4. The fraction of sp³-hybridized carbons (Fsp3) is 0.458. The number of benzene rings is 2. The van der Waals surface area contributed by atoms with Crippen LogP contribution in [-0.2, 0) is 10.4 Å². The van der Waals surface area contributed by atoms with Gasteiger partial charge in [0.2, 0.25) is 5.91 Å². The molecule has 2 saturated heterocycles. The molecule has 8 heteroatoms. The minimum Gasteiger partial charge on any atom is -0.384 e. The maximum Gasteiger partial charge on any atom is 0.227 e. The van der Waals surface area contributed by atoms with E-state index >= 15 is 0 Å². The van der Waals surface area contributed by atoms with Gasteiger partial charge in [0.25, 0.3) is 0 Å². The third-order valence-electron chi connectivity index (χ3n) is 7.00. The molecule has 2 N–H and O–H groups in total. The maximum atomic E-state index is 14.4. The molecule has 1 unspecified atom stereocenters. The number of likely N-dealkylation sites (tertiary alicyclic amines) is 1. The lowest BCUT2D eigenvalue weighted by Gasteiger charge is -2.48. The second kappa shape index (κ2) is 9.41. The second-order valence-electron chi connectivity index (χ2n) is 8.91. The fourth-order valence-corrected chi connectivity index (χ4v) is 5.27. The SMILES string of the molecule is C[C@@H]1CN(C(=O)[C@@H]2CNC[C@H]2c2ccc(F)cc2F)C[C@H](C)C1(O)c1ccc(F)cc1.Cl. The van der Waals surface area contributed by atoms with Crippen LogP contribution in [0, 0.1) is 35.2 Å². The van der Waals surface area contributed by atoms with Crippen molar-refractivity contribution >= 4 is 18.3 Å². The van der Waals surface area contributed by atoms with Crippen molar-refractivity contribution < 1.29 is 23.1 Å². The first-order valence-corrected chi connectivity index (χ1v) is 10.6. The number of hydrogen-bond acceptors (Lipinski definition) is 3. The molecule has 0 bridgehead atoms. The van der Waals surface area contributed by atoms with Gasteiger partial charge in [0.15, 0.2) is 0 Å². The van der Waals surface area contributed by atoms with Crippen LogP contribution in [-0.4, -0.2) is 42.1 Å². The Morgan fingerprint density at radius 2 is 1.59 bits per heavy atom. The van der Waals surface area contributed by atoms with E-state index in [9.17, 15) is 23.1 Å². The van der Waals surface area contributed by atoms with Gasteiger partial charge in [-0.3, -0.25) is 4.79 Å². The fourth-order valence-electron chi connectivity index (χ4n) is 5.27. The van der Waals surface area contributed by atoms with Crippen molar-refractivity contribution in [3.8, 4) is 0 Å². The number of aliphatic hydroxyl groups is 1. The van der Waals surface area contributed by atoms with Crippen molar-refractivity contribution in [2.75, 3.05) is 26.2 Å². The summed E-state index contributed by atoms with van der Waals surface area (Å²) in [5.74, 6) is -3.15. The predicted molar refractivity (Wildman–Crippen MR) is 118 cm³/mol. The highest BCUT2D eigenvalue weighted by Gasteiger charge is 2.48. The van der Waals surface area contributed by atoms with Crippen LogP contribution in [0.4, 0.5) is 13.2 Å². The minimum absolute atomic E-state index is 0. The molecule has 2 aromatic rings. The number of piperidine rings is 1. The molecule has 32 heavy (non-hydrogen) atoms. The number of nitrogens with one attached hydrogen (secondary N) is 1. The summed E-state index contributed by atoms with van der Waals surface area (Å²) in [4.78, 5) is 15.1. The number of carbonyl (C=O) groups is 1. The molecule has 0 saturated carbocycles. The predicted octanol–water partition coefficient (Wildman–Crippen LogP) is 3.83. The molecule has 4 nitrogen and oxygen atoms in total. The molecule has 0 aromatic heterocycles. The Bertz CT molecular complexity index is 960. The summed E-state index contributed by atoms with van der Waals surface area (Å²) >= 11 is 0. The molecule has 5 atom stereocenters. The molecule has 2 aromatic carbocycles. The topological polar surface area (TPSA) is 52.6 Å². The van der Waals surface area contributed by atoms with Crippen LogP contribution in [0.15, 0.2) is 42.5 Å². The van der Waals surface area contributed by atoms with Gasteiger partial charge in [0.05, 0.1) is 11.5 Å². The Hall–Kier alpha value is -2.09. The van der Waals surface area contributed by atoms with Crippen LogP contribution in [0.25, 0.3) is 0 Å². The van der Waals surface area contributed by atoms with Crippen LogP contribution in [0.2, 0.25) is 0 Å². The second-order valence-corrected chi connectivity index (χ2v) is 8.91. The molecule has 0 aliphatic carbocycles. The Balaban J connectivity index is 0.00000289. The average molecular weight is 469 g/mol. The summed E-state index contributed by atoms with van der Waals surface area (Å²) in [5.41, 5.74) is -0.207. The van der Waals surface area contributed by atoms with Gasteiger partial charge in [-0.1, -0.05) is 32.0 Å². The van der Waals surface area contributed by atoms with E-state index in [1.807, 2.05) is 13.8 Å². The van der Waals surface area contributed by atoms with Crippen LogP contribution in [0.1, 0.15) is 30.9 Å². The van der Waals surface area contributed by atoms with Crippen molar-refractivity contribution in [3.63, 3.8) is 0 Å². The van der Waals surface area contributed by atoms with E-state index in [-0.39, 0.29) is 41.9 Å². The average Bonchev–Trinajstić information content (AvgIpc) is 3.21. The number of nitrogens with zero attached hydrogens (tertiary/aromatic N) is 1. The molecule has 174 valence electrons. The summed E-state index contributed by atoms with van der Waals surface area (Å²) in [6, 6.07) is 9.32. The smallest absolute Gasteiger partial charge is 0.227 e. The number of amides is 1. The Kier molecular flexibility index (Phi) is 7.22. The quantitative estimate of drug-likeness (QED) is 0.720. The van der Waals surface area contributed by atoms with Gasteiger partial charge in [0, 0.05) is 50.0 Å². The molecule has 2 aliphatic heterocycles. The van der Waals surface area contributed by atoms with Gasteiger partial charge in [-0.05, 0) is 29.3 Å². The van der Waals surface area contributed by atoms with Crippen molar-refractivity contribution in [2.24, 2.45) is 17.8 Å². The zero-order chi connectivity index (χ0) is 22.3. The highest BCUT2D eigenvalue weighted by molar-refractivity contribution is 5.85. The lowest BCUT2D eigenvalue weighted by molar-refractivity contribution is -0.152. The van der Waals surface area contributed by atoms with E-state index in [0.717, 1.165) is 6.07 Å². The normalized spacial score (nSPS) is 30.1. The van der Waals surface area contributed by atoms with E-state index in [1.54, 1.807) is 17.0 Å². The van der Waals surface area contributed by atoms with Crippen LogP contribution < -0.4 is 5.32 Å². The van der Waals surface area contributed by atoms with E-state index in [0.29, 0.717) is 37.3 Å². The molecule has 2 heterocycles. The van der Waals surface area contributed by atoms with Crippen LogP contribution in [0.5, 0.6) is 0 Å². The summed E-state index contributed by atoms with van der Waals surface area (Å²) < 4.78 is 41.1. The molecule has 0 radical (unpaired) electrons. The van der Waals surface area contributed by atoms with E-state index in [2.05, 4.69) is 5.32 Å². The summed E-state index contributed by atoms with van der Waals surface area (Å²) in [5, 5.41) is 14.6. The van der Waals surface area contributed by atoms with Crippen molar-refractivity contribution in [1.82, 2.24) is 10.2 Å². The number of hydrogen-bond donors (Lipinski definition) is 2. The largest absolute Gasteiger partial charge is 0.384 e. The molecule has 1 amide bonds. The van der Waals surface area contributed by atoms with Gasteiger partial charge in [-0.25, -0.2) is 13.2 Å². The van der Waals surface area contributed by atoms with Gasteiger partial charge in [-0.15, -0.1) is 12.4 Å². The van der Waals surface area contributed by atoms with Gasteiger partial charge in [-0.2, -0.15) is 0 Å². The highest BCUT2D eigenvalue weighted by atomic mass is 35.5. The van der Waals surface area contributed by atoms with Gasteiger partial charge < -0.3 is 15.3 Å². The van der Waals surface area contributed by atoms with Crippen molar-refractivity contribution in [3.05, 3.63) is 71.0 Å². The molecule has 2 fully saturated rings. The van der Waals surface area contributed by atoms with Gasteiger partial charge in [0.1, 0.15) is 17.5 Å². The first-order valence-electron chi connectivity index (χ1n) is 10.6. The Labute approximate surface area is 192 Å². The van der Waals surface area contributed by atoms with E-state index in [1.165, 1.54) is 24.3 Å². The first kappa shape index (κ1) is 24.6. The lowest BCUT2D eigenvalue weighted by Crippen LogP contribution is -2.57. The van der Waals surface area contributed by atoms with E-state index < -0.39 is 23.2 Å². The molecule has 0 spiro atoms. The first-order chi connectivity index (χ1) is 14.7. The van der Waals surface area contributed by atoms with Crippen LogP contribution in [0.3, 0.4) is 0 Å². The zero-order valence-electron chi connectivity index (χ0n) is 18.0. The number of rotatable bonds is 3. The summed E-state index contributed by atoms with van der Waals surface area (Å²) in [6.45, 7) is 5.30. The maximum absolute atomic E-state index is 14.4. The standard InChI is InChI=1S/C24H27F3N2O2.ClH/c1-14-12-29(13-15(2)24(14,31)16-3-5-17(25)6-4-16)23(30)21-11-28-10-20(21)19-8-7-18(26)9-22(19)27;/h3-9,14-15,20-21,28,31H,10-13H2,1-2H3;1H/t14-,15+,20-,21+,24?;/m0./s1. The molecular weight excluding hydrogens is 441 g/mol. The minimum atomic E-state index is -1.18. The van der Waals surface area contributed by atoms with Gasteiger partial charge >= 0.3 is 0 Å². The Morgan fingerprint density at radius 3 is 2.19 bits per heavy atom. The third-order valence-corrected chi connectivity index (χ3v) is 7.00. The Morgan fingerprint density at radius 1 is 1.00 bits per heavy atom. The summed E-state index contributed by atoms with van der Waals surface area (Å²) in [7, 11) is 0. The molecule has 2 aliphatic rings. The monoisotopic (exact) mass is 468 g/mol. The third kappa shape index (κ3) is 4.26. The molecular formula is C24H28ClF3N2O2. The van der Waals surface area contributed by atoms with Crippen molar-refractivity contribution in [1.29, 1.82) is 0 Å².